The molecule has 0 radical (unpaired) electrons. The van der Waals surface area contributed by atoms with Crippen molar-refractivity contribution in [3.05, 3.63) is 0 Å². The molecule has 0 rings (SSSR count). The maximum Gasteiger partial charge on any atom is 0.232 e. The van der Waals surface area contributed by atoms with Crippen LogP contribution < -0.4 is 10.6 Å². The summed E-state index contributed by atoms with van der Waals surface area (Å²) in [5.74, 6) is 0.662. The summed E-state index contributed by atoms with van der Waals surface area (Å²) >= 11 is 0. The second-order valence-electron chi connectivity index (χ2n) is 4.97. The lowest BCUT2D eigenvalue weighted by Crippen LogP contribution is -2.34. The van der Waals surface area contributed by atoms with E-state index in [1.807, 2.05) is 13.8 Å². The van der Waals surface area contributed by atoms with Crippen LogP contribution in [0.3, 0.4) is 0 Å². The molecule has 0 saturated carbocycles. The van der Waals surface area contributed by atoms with Crippen molar-refractivity contribution in [2.75, 3.05) is 18.1 Å². The summed E-state index contributed by atoms with van der Waals surface area (Å²) in [4.78, 5) is 11.4. The molecule has 0 saturated heterocycles. The summed E-state index contributed by atoms with van der Waals surface area (Å²) in [5.41, 5.74) is 0. The van der Waals surface area contributed by atoms with E-state index in [0.717, 1.165) is 25.8 Å². The van der Waals surface area contributed by atoms with Gasteiger partial charge < -0.3 is 10.6 Å². The molecular weight excluding hydrogens is 248 g/mol. The number of nitrogens with one attached hydrogen (secondary N) is 2. The average molecular weight is 276 g/mol. The molecule has 2 unspecified atom stereocenters. The molecule has 0 spiro atoms. The van der Waals surface area contributed by atoms with E-state index in [0.29, 0.717) is 11.8 Å². The van der Waals surface area contributed by atoms with Crippen LogP contribution in [0.1, 0.15) is 47.0 Å². The second kappa shape index (κ2) is 10.5. The maximum absolute atomic E-state index is 11.6. The zero-order valence-corrected chi connectivity index (χ0v) is 12.9. The Labute approximate surface area is 114 Å². The first kappa shape index (κ1) is 17.6. The Kier molecular flexibility index (Phi) is 10.3. The van der Waals surface area contributed by atoms with Gasteiger partial charge in [-0.2, -0.15) is 0 Å². The summed E-state index contributed by atoms with van der Waals surface area (Å²) in [5, 5.41) is 6.10. The SMILES string of the molecule is CCNC(C)CCCCS(=O)CC(=O)NC(C)C. The summed E-state index contributed by atoms with van der Waals surface area (Å²) < 4.78 is 11.6. The highest BCUT2D eigenvalue weighted by Gasteiger charge is 2.09. The molecule has 0 aliphatic heterocycles. The average Bonchev–Trinajstić information content (AvgIpc) is 2.23. The fourth-order valence-corrected chi connectivity index (χ4v) is 2.79. The minimum absolute atomic E-state index is 0.107. The summed E-state index contributed by atoms with van der Waals surface area (Å²) in [7, 11) is -1.02. The highest BCUT2D eigenvalue weighted by Crippen LogP contribution is 2.02. The van der Waals surface area contributed by atoms with E-state index in [1.165, 1.54) is 0 Å². The number of hydrogen-bond acceptors (Lipinski definition) is 3. The topological polar surface area (TPSA) is 58.2 Å². The van der Waals surface area contributed by atoms with Crippen LogP contribution in [-0.2, 0) is 15.6 Å². The van der Waals surface area contributed by atoms with E-state index in [9.17, 15) is 9.00 Å². The molecule has 0 aliphatic carbocycles. The zero-order chi connectivity index (χ0) is 14.0. The van der Waals surface area contributed by atoms with Gasteiger partial charge in [0.15, 0.2) is 0 Å². The Morgan fingerprint density at radius 1 is 1.22 bits per heavy atom. The van der Waals surface area contributed by atoms with E-state index >= 15 is 0 Å². The van der Waals surface area contributed by atoms with Crippen molar-refractivity contribution in [3.8, 4) is 0 Å². The predicted octanol–water partition coefficient (Wildman–Crippen LogP) is 1.43. The van der Waals surface area contributed by atoms with Crippen molar-refractivity contribution < 1.29 is 9.00 Å². The number of amides is 1. The van der Waals surface area contributed by atoms with Gasteiger partial charge in [0.25, 0.3) is 0 Å². The first-order valence-corrected chi connectivity index (χ1v) is 8.32. The quantitative estimate of drug-likeness (QED) is 0.593. The van der Waals surface area contributed by atoms with Gasteiger partial charge >= 0.3 is 0 Å². The van der Waals surface area contributed by atoms with Gasteiger partial charge in [-0.1, -0.05) is 13.3 Å². The molecule has 18 heavy (non-hydrogen) atoms. The highest BCUT2D eigenvalue weighted by atomic mass is 32.2. The fraction of sp³-hybridized carbons (Fsp3) is 0.923. The summed E-state index contributed by atoms with van der Waals surface area (Å²) in [6, 6.07) is 0.642. The number of carbonyl (C=O) groups excluding carboxylic acids is 1. The zero-order valence-electron chi connectivity index (χ0n) is 12.1. The van der Waals surface area contributed by atoms with Crippen molar-refractivity contribution in [2.45, 2.75) is 59.0 Å². The maximum atomic E-state index is 11.6. The van der Waals surface area contributed by atoms with Gasteiger partial charge in [0.2, 0.25) is 5.91 Å². The third kappa shape index (κ3) is 10.7. The van der Waals surface area contributed by atoms with Gasteiger partial charge in [-0.05, 0) is 40.2 Å². The third-order valence-electron chi connectivity index (χ3n) is 2.55. The van der Waals surface area contributed by atoms with Crippen LogP contribution in [0.4, 0.5) is 0 Å². The van der Waals surface area contributed by atoms with Gasteiger partial charge in [-0.3, -0.25) is 9.00 Å². The molecule has 0 fully saturated rings. The van der Waals surface area contributed by atoms with Crippen LogP contribution in [0.2, 0.25) is 0 Å². The van der Waals surface area contributed by atoms with E-state index in [-0.39, 0.29) is 17.7 Å². The number of hydrogen-bond donors (Lipinski definition) is 2. The molecule has 5 heteroatoms. The number of unbranched alkanes of at least 4 members (excludes halogenated alkanes) is 1. The molecule has 4 nitrogen and oxygen atoms in total. The van der Waals surface area contributed by atoms with Crippen LogP contribution in [0.15, 0.2) is 0 Å². The first-order chi connectivity index (χ1) is 8.45. The number of carbonyl (C=O) groups is 1. The molecule has 0 aromatic heterocycles. The molecule has 0 aromatic rings. The minimum Gasteiger partial charge on any atom is -0.353 e. The standard InChI is InChI=1S/C13H28N2O2S/c1-5-14-12(4)8-6-7-9-18(17)10-13(16)15-11(2)3/h11-12,14H,5-10H2,1-4H3,(H,15,16). The first-order valence-electron chi connectivity index (χ1n) is 6.83. The van der Waals surface area contributed by atoms with Crippen LogP contribution in [-0.4, -0.2) is 40.3 Å². The second-order valence-corrected chi connectivity index (χ2v) is 6.54. The molecule has 2 atom stereocenters. The molecule has 0 aromatic carbocycles. The van der Waals surface area contributed by atoms with Gasteiger partial charge in [-0.15, -0.1) is 0 Å². The van der Waals surface area contributed by atoms with Crippen LogP contribution in [0, 0.1) is 0 Å². The Balaban J connectivity index is 3.56. The Morgan fingerprint density at radius 2 is 1.89 bits per heavy atom. The smallest absolute Gasteiger partial charge is 0.232 e. The molecule has 1 amide bonds. The molecule has 0 heterocycles. The van der Waals surface area contributed by atoms with Crippen molar-refractivity contribution in [1.82, 2.24) is 10.6 Å². The Hall–Kier alpha value is -0.420. The van der Waals surface area contributed by atoms with Crippen molar-refractivity contribution in [2.24, 2.45) is 0 Å². The molecule has 2 N–H and O–H groups in total. The van der Waals surface area contributed by atoms with Gasteiger partial charge in [-0.25, -0.2) is 0 Å². The van der Waals surface area contributed by atoms with Crippen LogP contribution >= 0.6 is 0 Å². The van der Waals surface area contributed by atoms with Crippen molar-refractivity contribution in [3.63, 3.8) is 0 Å². The Morgan fingerprint density at radius 3 is 2.44 bits per heavy atom. The van der Waals surface area contributed by atoms with E-state index in [1.54, 1.807) is 0 Å². The highest BCUT2D eigenvalue weighted by molar-refractivity contribution is 7.85. The van der Waals surface area contributed by atoms with E-state index in [4.69, 9.17) is 0 Å². The predicted molar refractivity (Wildman–Crippen MR) is 78.1 cm³/mol. The van der Waals surface area contributed by atoms with Gasteiger partial charge in [0.1, 0.15) is 5.75 Å². The lowest BCUT2D eigenvalue weighted by atomic mass is 10.1. The summed E-state index contributed by atoms with van der Waals surface area (Å²) in [6.07, 6.45) is 3.09. The Bertz CT molecular complexity index is 257. The molecular formula is C13H28N2O2S. The monoisotopic (exact) mass is 276 g/mol. The third-order valence-corrected chi connectivity index (χ3v) is 3.88. The lowest BCUT2D eigenvalue weighted by Gasteiger charge is -2.11. The molecule has 108 valence electrons. The van der Waals surface area contributed by atoms with E-state index in [2.05, 4.69) is 24.5 Å². The number of rotatable bonds is 10. The minimum atomic E-state index is -1.02. The van der Waals surface area contributed by atoms with Crippen molar-refractivity contribution >= 4 is 16.7 Å². The van der Waals surface area contributed by atoms with Crippen LogP contribution in [0.25, 0.3) is 0 Å². The largest absolute Gasteiger partial charge is 0.353 e. The lowest BCUT2D eigenvalue weighted by molar-refractivity contribution is -0.119. The van der Waals surface area contributed by atoms with Gasteiger partial charge in [0, 0.05) is 28.6 Å². The van der Waals surface area contributed by atoms with Crippen LogP contribution in [0.5, 0.6) is 0 Å². The van der Waals surface area contributed by atoms with E-state index < -0.39 is 10.8 Å². The normalized spacial score (nSPS) is 14.5. The summed E-state index contributed by atoms with van der Waals surface area (Å²) in [6.45, 7) is 9.06. The molecule has 0 bridgehead atoms. The van der Waals surface area contributed by atoms with Gasteiger partial charge in [0.05, 0.1) is 0 Å². The fourth-order valence-electron chi connectivity index (χ4n) is 1.75. The van der Waals surface area contributed by atoms with Crippen molar-refractivity contribution in [1.29, 1.82) is 0 Å². The molecule has 0 aliphatic rings.